The first-order chi connectivity index (χ1) is 6.33. The van der Waals surface area contributed by atoms with E-state index < -0.39 is 6.17 Å². The Morgan fingerprint density at radius 2 is 2.38 bits per heavy atom. The number of nitrogens with zero attached hydrogens (tertiary/aromatic N) is 1. The van der Waals surface area contributed by atoms with E-state index in [0.717, 1.165) is 12.1 Å². The third-order valence-corrected chi connectivity index (χ3v) is 2.48. The van der Waals surface area contributed by atoms with Gasteiger partial charge in [0.1, 0.15) is 6.17 Å². The maximum Gasteiger partial charge on any atom is 0.127 e. The van der Waals surface area contributed by atoms with E-state index in [2.05, 4.69) is 4.98 Å². The van der Waals surface area contributed by atoms with Crippen molar-refractivity contribution in [3.05, 3.63) is 29.6 Å². The van der Waals surface area contributed by atoms with Crippen molar-refractivity contribution in [1.82, 2.24) is 4.98 Å². The predicted octanol–water partition coefficient (Wildman–Crippen LogP) is 2.57. The summed E-state index contributed by atoms with van der Waals surface area (Å²) in [7, 11) is 1.64. The number of halogens is 1. The second kappa shape index (κ2) is 3.42. The van der Waals surface area contributed by atoms with Crippen LogP contribution in [-0.2, 0) is 4.74 Å². The van der Waals surface area contributed by atoms with Gasteiger partial charge in [-0.2, -0.15) is 0 Å². The maximum absolute atomic E-state index is 13.4. The zero-order valence-corrected chi connectivity index (χ0v) is 7.53. The molecule has 0 saturated heterocycles. The van der Waals surface area contributed by atoms with E-state index in [1.165, 1.54) is 0 Å². The first-order valence-electron chi connectivity index (χ1n) is 4.44. The van der Waals surface area contributed by atoms with Crippen LogP contribution in [0.4, 0.5) is 4.39 Å². The van der Waals surface area contributed by atoms with E-state index in [1.807, 2.05) is 0 Å². The van der Waals surface area contributed by atoms with Crippen LogP contribution in [0.15, 0.2) is 18.3 Å². The monoisotopic (exact) mass is 181 g/mol. The summed E-state index contributed by atoms with van der Waals surface area (Å²) in [6, 6.07) is 3.56. The van der Waals surface area contributed by atoms with Crippen molar-refractivity contribution < 1.29 is 9.13 Å². The van der Waals surface area contributed by atoms with E-state index in [9.17, 15) is 4.39 Å². The zero-order chi connectivity index (χ0) is 9.26. The van der Waals surface area contributed by atoms with E-state index >= 15 is 0 Å². The van der Waals surface area contributed by atoms with Gasteiger partial charge in [0.2, 0.25) is 0 Å². The molecule has 0 bridgehead atoms. The van der Waals surface area contributed by atoms with E-state index in [1.54, 1.807) is 25.4 Å². The highest BCUT2D eigenvalue weighted by molar-refractivity contribution is 5.26. The summed E-state index contributed by atoms with van der Waals surface area (Å²) in [5.74, 6) is 0. The molecule has 1 aliphatic carbocycles. The number of methoxy groups -OCH3 is 1. The normalized spacial score (nSPS) is 26.9. The minimum absolute atomic E-state index is 0.0248. The number of hydrogen-bond donors (Lipinski definition) is 0. The predicted molar refractivity (Wildman–Crippen MR) is 47.1 cm³/mol. The summed E-state index contributed by atoms with van der Waals surface area (Å²) >= 11 is 0. The van der Waals surface area contributed by atoms with Crippen LogP contribution >= 0.6 is 0 Å². The highest BCUT2D eigenvalue weighted by Crippen LogP contribution is 2.38. The highest BCUT2D eigenvalue weighted by atomic mass is 19.1. The van der Waals surface area contributed by atoms with Gasteiger partial charge in [0.15, 0.2) is 0 Å². The van der Waals surface area contributed by atoms with Gasteiger partial charge in [0.05, 0.1) is 11.8 Å². The Bertz CT molecular complexity index is 303. The Labute approximate surface area is 76.7 Å². The molecule has 1 heterocycles. The minimum Gasteiger partial charge on any atom is -0.375 e. The van der Waals surface area contributed by atoms with Crippen LogP contribution in [0.25, 0.3) is 0 Å². The fourth-order valence-corrected chi connectivity index (χ4v) is 1.78. The molecule has 0 aromatic carbocycles. The van der Waals surface area contributed by atoms with Crippen LogP contribution in [0.1, 0.15) is 36.4 Å². The lowest BCUT2D eigenvalue weighted by atomic mass is 9.92. The van der Waals surface area contributed by atoms with Gasteiger partial charge in [-0.1, -0.05) is 6.07 Å². The summed E-state index contributed by atoms with van der Waals surface area (Å²) in [4.78, 5) is 4.16. The summed E-state index contributed by atoms with van der Waals surface area (Å²) in [5.41, 5.74) is 1.46. The van der Waals surface area contributed by atoms with Gasteiger partial charge < -0.3 is 4.74 Å². The van der Waals surface area contributed by atoms with Crippen LogP contribution in [0, 0.1) is 0 Å². The third-order valence-electron chi connectivity index (χ3n) is 2.48. The van der Waals surface area contributed by atoms with Crippen LogP contribution in [0.3, 0.4) is 0 Å². The molecule has 2 nitrogen and oxygen atoms in total. The number of ether oxygens (including phenoxy) is 1. The van der Waals surface area contributed by atoms with Crippen molar-refractivity contribution >= 4 is 0 Å². The summed E-state index contributed by atoms with van der Waals surface area (Å²) in [6.07, 6.45) is 2.06. The molecular weight excluding hydrogens is 169 g/mol. The van der Waals surface area contributed by atoms with Crippen molar-refractivity contribution in [2.24, 2.45) is 0 Å². The lowest BCUT2D eigenvalue weighted by Gasteiger charge is -2.25. The van der Waals surface area contributed by atoms with Crippen molar-refractivity contribution in [1.29, 1.82) is 0 Å². The van der Waals surface area contributed by atoms with E-state index in [0.29, 0.717) is 12.0 Å². The second-order valence-electron chi connectivity index (χ2n) is 3.25. The smallest absolute Gasteiger partial charge is 0.127 e. The van der Waals surface area contributed by atoms with E-state index in [4.69, 9.17) is 4.74 Å². The lowest BCUT2D eigenvalue weighted by molar-refractivity contribution is 0.0698. The van der Waals surface area contributed by atoms with Crippen LogP contribution in [0.5, 0.6) is 0 Å². The molecule has 13 heavy (non-hydrogen) atoms. The van der Waals surface area contributed by atoms with E-state index in [-0.39, 0.29) is 6.10 Å². The molecular formula is C10H12FNO. The maximum atomic E-state index is 13.4. The van der Waals surface area contributed by atoms with Gasteiger partial charge in [-0.3, -0.25) is 4.98 Å². The lowest BCUT2D eigenvalue weighted by Crippen LogP contribution is -2.15. The fraction of sp³-hybridized carbons (Fsp3) is 0.500. The highest BCUT2D eigenvalue weighted by Gasteiger charge is 2.27. The van der Waals surface area contributed by atoms with Crippen molar-refractivity contribution in [3.63, 3.8) is 0 Å². The molecule has 3 heteroatoms. The van der Waals surface area contributed by atoms with Crippen LogP contribution in [-0.4, -0.2) is 12.1 Å². The molecule has 70 valence electrons. The molecule has 0 spiro atoms. The number of rotatable bonds is 1. The summed E-state index contributed by atoms with van der Waals surface area (Å²) in [6.45, 7) is 0. The summed E-state index contributed by atoms with van der Waals surface area (Å²) < 4.78 is 18.6. The minimum atomic E-state index is -0.866. The molecule has 0 N–H and O–H groups in total. The molecule has 1 aromatic heterocycles. The molecule has 0 radical (unpaired) electrons. The molecule has 1 aromatic rings. The second-order valence-corrected chi connectivity index (χ2v) is 3.25. The molecule has 0 fully saturated rings. The van der Waals surface area contributed by atoms with Crippen molar-refractivity contribution in [2.45, 2.75) is 25.1 Å². The SMILES string of the molecule is CO[C@@H]1CC[C@H](F)c2cccnc21. The van der Waals surface area contributed by atoms with Gasteiger partial charge in [-0.25, -0.2) is 4.39 Å². The average Bonchev–Trinajstić information content (AvgIpc) is 2.19. The largest absolute Gasteiger partial charge is 0.375 e. The number of pyridine rings is 1. The number of aromatic nitrogens is 1. The molecule has 1 aliphatic rings. The molecule has 0 amide bonds. The Hall–Kier alpha value is -0.960. The quantitative estimate of drug-likeness (QED) is 0.664. The van der Waals surface area contributed by atoms with Crippen LogP contribution in [0.2, 0.25) is 0 Å². The topological polar surface area (TPSA) is 22.1 Å². The molecule has 0 aliphatic heterocycles. The number of hydrogen-bond acceptors (Lipinski definition) is 2. The third kappa shape index (κ3) is 1.44. The Balaban J connectivity index is 2.42. The molecule has 0 unspecified atom stereocenters. The Kier molecular flexibility index (Phi) is 2.27. The number of alkyl halides is 1. The average molecular weight is 181 g/mol. The molecule has 0 saturated carbocycles. The zero-order valence-electron chi connectivity index (χ0n) is 7.53. The van der Waals surface area contributed by atoms with Gasteiger partial charge in [-0.05, 0) is 18.9 Å². The summed E-state index contributed by atoms with van der Waals surface area (Å²) in [5, 5.41) is 0. The van der Waals surface area contributed by atoms with Crippen LogP contribution < -0.4 is 0 Å². The number of fused-ring (bicyclic) bond motifs is 1. The van der Waals surface area contributed by atoms with Gasteiger partial charge in [0.25, 0.3) is 0 Å². The van der Waals surface area contributed by atoms with Gasteiger partial charge in [-0.15, -0.1) is 0 Å². The van der Waals surface area contributed by atoms with Gasteiger partial charge >= 0.3 is 0 Å². The Morgan fingerprint density at radius 1 is 1.54 bits per heavy atom. The first kappa shape index (κ1) is 8.63. The molecule has 2 rings (SSSR count). The van der Waals surface area contributed by atoms with Crippen molar-refractivity contribution in [2.75, 3.05) is 7.11 Å². The van der Waals surface area contributed by atoms with Crippen molar-refractivity contribution in [3.8, 4) is 0 Å². The van der Waals surface area contributed by atoms with Gasteiger partial charge in [0, 0.05) is 18.9 Å². The fourth-order valence-electron chi connectivity index (χ4n) is 1.78. The first-order valence-corrected chi connectivity index (χ1v) is 4.44. The standard InChI is InChI=1S/C10H12FNO/c1-13-9-5-4-8(11)7-3-2-6-12-10(7)9/h2-3,6,8-9H,4-5H2,1H3/t8-,9+/m0/s1. The molecule has 2 atom stereocenters. The Morgan fingerprint density at radius 3 is 3.15 bits per heavy atom.